The first-order chi connectivity index (χ1) is 7.79. The summed E-state index contributed by atoms with van der Waals surface area (Å²) in [6.07, 6.45) is 1.56. The molecule has 0 bridgehead atoms. The summed E-state index contributed by atoms with van der Waals surface area (Å²) < 4.78 is 6.49. The van der Waals surface area contributed by atoms with E-state index in [0.29, 0.717) is 11.5 Å². The fourth-order valence-corrected chi connectivity index (χ4v) is 1.59. The number of ether oxygens (including phenoxy) is 1. The van der Waals surface area contributed by atoms with Crippen molar-refractivity contribution in [1.82, 2.24) is 4.98 Å². The summed E-state index contributed by atoms with van der Waals surface area (Å²) in [7, 11) is 0. The molecular formula is C12H7BrN2O. The summed E-state index contributed by atoms with van der Waals surface area (Å²) in [5.41, 5.74) is 0.280. The smallest absolute Gasteiger partial charge is 0.183 e. The van der Waals surface area contributed by atoms with Gasteiger partial charge in [0.05, 0.1) is 0 Å². The molecule has 2 aromatic rings. The van der Waals surface area contributed by atoms with Crippen LogP contribution in [0.3, 0.4) is 0 Å². The SMILES string of the molecule is N#Cc1ncccc1Oc1cccc(Br)c1. The van der Waals surface area contributed by atoms with Crippen molar-refractivity contribution < 1.29 is 4.74 Å². The Hall–Kier alpha value is -1.86. The molecule has 0 unspecified atom stereocenters. The molecule has 0 saturated heterocycles. The van der Waals surface area contributed by atoms with Gasteiger partial charge in [-0.05, 0) is 30.3 Å². The van der Waals surface area contributed by atoms with Crippen LogP contribution < -0.4 is 4.74 Å². The topological polar surface area (TPSA) is 45.9 Å². The van der Waals surface area contributed by atoms with Crippen LogP contribution in [-0.2, 0) is 0 Å². The zero-order valence-corrected chi connectivity index (χ0v) is 9.81. The molecule has 1 heterocycles. The molecule has 0 aliphatic heterocycles. The molecule has 0 N–H and O–H groups in total. The van der Waals surface area contributed by atoms with Gasteiger partial charge in [0.25, 0.3) is 0 Å². The molecule has 4 heteroatoms. The summed E-state index contributed by atoms with van der Waals surface area (Å²) in [6.45, 7) is 0. The van der Waals surface area contributed by atoms with E-state index in [1.807, 2.05) is 30.3 Å². The monoisotopic (exact) mass is 274 g/mol. The predicted octanol–water partition coefficient (Wildman–Crippen LogP) is 3.51. The number of aromatic nitrogens is 1. The molecule has 1 aromatic carbocycles. The number of benzene rings is 1. The van der Waals surface area contributed by atoms with Crippen molar-refractivity contribution in [2.24, 2.45) is 0 Å². The van der Waals surface area contributed by atoms with Crippen LogP contribution in [0.2, 0.25) is 0 Å². The van der Waals surface area contributed by atoms with Crippen LogP contribution in [0, 0.1) is 11.3 Å². The Morgan fingerprint density at radius 2 is 2.12 bits per heavy atom. The second kappa shape index (κ2) is 4.77. The lowest BCUT2D eigenvalue weighted by molar-refractivity contribution is 0.478. The second-order valence-electron chi connectivity index (χ2n) is 3.02. The number of nitriles is 1. The Morgan fingerprint density at radius 1 is 1.25 bits per heavy atom. The Balaban J connectivity index is 2.31. The van der Waals surface area contributed by atoms with E-state index in [9.17, 15) is 0 Å². The molecule has 78 valence electrons. The van der Waals surface area contributed by atoms with E-state index in [1.165, 1.54) is 0 Å². The molecule has 1 aromatic heterocycles. The molecule has 16 heavy (non-hydrogen) atoms. The lowest BCUT2D eigenvalue weighted by Crippen LogP contribution is -1.90. The average Bonchev–Trinajstić information content (AvgIpc) is 2.30. The van der Waals surface area contributed by atoms with E-state index >= 15 is 0 Å². The normalized spacial score (nSPS) is 9.50. The molecule has 0 fully saturated rings. The average molecular weight is 275 g/mol. The van der Waals surface area contributed by atoms with Crippen molar-refractivity contribution >= 4 is 15.9 Å². The Labute approximate surface area is 101 Å². The van der Waals surface area contributed by atoms with E-state index in [1.54, 1.807) is 18.3 Å². The summed E-state index contributed by atoms with van der Waals surface area (Å²) in [4.78, 5) is 3.92. The summed E-state index contributed by atoms with van der Waals surface area (Å²) >= 11 is 3.35. The third-order valence-electron chi connectivity index (χ3n) is 1.90. The van der Waals surface area contributed by atoms with Gasteiger partial charge in [-0.2, -0.15) is 5.26 Å². The second-order valence-corrected chi connectivity index (χ2v) is 3.94. The van der Waals surface area contributed by atoms with Crippen molar-refractivity contribution in [3.05, 3.63) is 52.8 Å². The van der Waals surface area contributed by atoms with Crippen molar-refractivity contribution in [3.8, 4) is 17.6 Å². The molecule has 0 atom stereocenters. The number of pyridine rings is 1. The number of nitrogens with zero attached hydrogens (tertiary/aromatic N) is 2. The first-order valence-electron chi connectivity index (χ1n) is 4.58. The minimum Gasteiger partial charge on any atom is -0.454 e. The van der Waals surface area contributed by atoms with Gasteiger partial charge in [0, 0.05) is 10.7 Å². The van der Waals surface area contributed by atoms with Crippen LogP contribution in [0.5, 0.6) is 11.5 Å². The first kappa shape index (κ1) is 10.7. The fraction of sp³-hybridized carbons (Fsp3) is 0. The number of rotatable bonds is 2. The summed E-state index contributed by atoms with van der Waals surface area (Å²) in [5.74, 6) is 1.13. The number of halogens is 1. The zero-order valence-electron chi connectivity index (χ0n) is 8.22. The highest BCUT2D eigenvalue weighted by Gasteiger charge is 2.04. The Morgan fingerprint density at radius 3 is 2.88 bits per heavy atom. The maximum absolute atomic E-state index is 8.85. The van der Waals surface area contributed by atoms with Crippen LogP contribution in [0.4, 0.5) is 0 Å². The van der Waals surface area contributed by atoms with Crippen LogP contribution in [0.1, 0.15) is 5.69 Å². The van der Waals surface area contributed by atoms with E-state index in [4.69, 9.17) is 10.00 Å². The quantitative estimate of drug-likeness (QED) is 0.842. The van der Waals surface area contributed by atoms with E-state index < -0.39 is 0 Å². The largest absolute Gasteiger partial charge is 0.454 e. The van der Waals surface area contributed by atoms with Gasteiger partial charge in [0.15, 0.2) is 11.4 Å². The van der Waals surface area contributed by atoms with Gasteiger partial charge in [-0.25, -0.2) is 4.98 Å². The first-order valence-corrected chi connectivity index (χ1v) is 5.37. The molecular weight excluding hydrogens is 268 g/mol. The highest BCUT2D eigenvalue weighted by Crippen LogP contribution is 2.25. The van der Waals surface area contributed by atoms with Crippen LogP contribution >= 0.6 is 15.9 Å². The predicted molar refractivity (Wildman–Crippen MR) is 63.2 cm³/mol. The van der Waals surface area contributed by atoms with Crippen molar-refractivity contribution in [1.29, 1.82) is 5.26 Å². The van der Waals surface area contributed by atoms with Gasteiger partial charge < -0.3 is 4.74 Å². The van der Waals surface area contributed by atoms with Gasteiger partial charge in [-0.3, -0.25) is 0 Å². The highest BCUT2D eigenvalue weighted by molar-refractivity contribution is 9.10. The van der Waals surface area contributed by atoms with Gasteiger partial charge >= 0.3 is 0 Å². The van der Waals surface area contributed by atoms with Crippen LogP contribution in [-0.4, -0.2) is 4.98 Å². The fourth-order valence-electron chi connectivity index (χ4n) is 1.21. The lowest BCUT2D eigenvalue weighted by atomic mass is 10.3. The van der Waals surface area contributed by atoms with E-state index in [0.717, 1.165) is 4.47 Å². The molecule has 0 spiro atoms. The molecule has 2 rings (SSSR count). The minimum absolute atomic E-state index is 0.280. The molecule has 0 radical (unpaired) electrons. The van der Waals surface area contributed by atoms with Gasteiger partial charge in [0.1, 0.15) is 11.8 Å². The molecule has 0 saturated carbocycles. The standard InChI is InChI=1S/C12H7BrN2O/c13-9-3-1-4-10(7-9)16-12-5-2-6-15-11(12)8-14/h1-7H. The van der Waals surface area contributed by atoms with Crippen LogP contribution in [0.15, 0.2) is 47.1 Å². The maximum Gasteiger partial charge on any atom is 0.183 e. The molecule has 0 aliphatic carbocycles. The van der Waals surface area contributed by atoms with Crippen molar-refractivity contribution in [3.63, 3.8) is 0 Å². The third kappa shape index (κ3) is 2.38. The van der Waals surface area contributed by atoms with Gasteiger partial charge in [-0.15, -0.1) is 0 Å². The Kier molecular flexibility index (Phi) is 3.18. The lowest BCUT2D eigenvalue weighted by Gasteiger charge is -2.06. The Bertz CT molecular complexity index is 549. The zero-order chi connectivity index (χ0) is 11.4. The van der Waals surface area contributed by atoms with Gasteiger partial charge in [-0.1, -0.05) is 22.0 Å². The number of hydrogen-bond donors (Lipinski definition) is 0. The van der Waals surface area contributed by atoms with E-state index in [-0.39, 0.29) is 5.69 Å². The molecule has 0 aliphatic rings. The third-order valence-corrected chi connectivity index (χ3v) is 2.39. The minimum atomic E-state index is 0.280. The van der Waals surface area contributed by atoms with Crippen molar-refractivity contribution in [2.45, 2.75) is 0 Å². The van der Waals surface area contributed by atoms with Gasteiger partial charge in [0.2, 0.25) is 0 Å². The van der Waals surface area contributed by atoms with Crippen molar-refractivity contribution in [2.75, 3.05) is 0 Å². The van der Waals surface area contributed by atoms with Crippen LogP contribution in [0.25, 0.3) is 0 Å². The summed E-state index contributed by atoms with van der Waals surface area (Å²) in [5, 5.41) is 8.85. The van der Waals surface area contributed by atoms with E-state index in [2.05, 4.69) is 20.9 Å². The maximum atomic E-state index is 8.85. The number of hydrogen-bond acceptors (Lipinski definition) is 3. The summed E-state index contributed by atoms with van der Waals surface area (Å²) in [6, 6.07) is 12.8. The highest BCUT2D eigenvalue weighted by atomic mass is 79.9. The molecule has 0 amide bonds. The molecule has 3 nitrogen and oxygen atoms in total.